The smallest absolute Gasteiger partial charge is 0.249 e. The van der Waals surface area contributed by atoms with Gasteiger partial charge in [-0.15, -0.1) is 0 Å². The first-order valence-electron chi connectivity index (χ1n) is 12.1. The zero-order valence-electron chi connectivity index (χ0n) is 20.3. The van der Waals surface area contributed by atoms with Gasteiger partial charge in [-0.2, -0.15) is 0 Å². The van der Waals surface area contributed by atoms with Gasteiger partial charge in [0.1, 0.15) is 18.8 Å². The number of nitrogens with zero attached hydrogens (tertiary/aromatic N) is 1. The van der Waals surface area contributed by atoms with Crippen molar-refractivity contribution in [1.82, 2.24) is 10.2 Å². The number of amides is 3. The van der Waals surface area contributed by atoms with Crippen LogP contribution < -0.4 is 10.6 Å². The lowest BCUT2D eigenvalue weighted by molar-refractivity contribution is -0.150. The molecule has 3 amide bonds. The number of nitrogens with one attached hydrogen (secondary N) is 2. The fourth-order valence-corrected chi connectivity index (χ4v) is 4.34. The van der Waals surface area contributed by atoms with E-state index in [-0.39, 0.29) is 36.5 Å². The highest BCUT2D eigenvalue weighted by molar-refractivity contribution is 5.99. The van der Waals surface area contributed by atoms with Gasteiger partial charge in [-0.25, -0.2) is 4.39 Å². The Labute approximate surface area is 201 Å². The number of anilines is 1. The van der Waals surface area contributed by atoms with Crippen LogP contribution in [0.4, 0.5) is 10.1 Å². The van der Waals surface area contributed by atoms with E-state index in [0.29, 0.717) is 11.3 Å². The number of alkyl halides is 1. The van der Waals surface area contributed by atoms with Gasteiger partial charge >= 0.3 is 0 Å². The fourth-order valence-electron chi connectivity index (χ4n) is 4.34. The number of halogens is 1. The van der Waals surface area contributed by atoms with E-state index in [1.165, 1.54) is 4.90 Å². The number of benzene rings is 1. The van der Waals surface area contributed by atoms with Crippen molar-refractivity contribution in [3.63, 3.8) is 0 Å². The Balaban J connectivity index is 1.87. The molecular weight excluding hydrogens is 437 g/mol. The third-order valence-corrected chi connectivity index (χ3v) is 6.74. The maximum Gasteiger partial charge on any atom is 0.249 e. The van der Waals surface area contributed by atoms with Crippen LogP contribution in [0.3, 0.4) is 0 Å². The molecule has 2 aliphatic rings. The number of rotatable bonds is 11. The Morgan fingerprint density at radius 1 is 1.26 bits per heavy atom. The molecular formula is C26H36FN3O4. The molecule has 186 valence electrons. The van der Waals surface area contributed by atoms with Crippen molar-refractivity contribution in [2.75, 3.05) is 11.9 Å². The van der Waals surface area contributed by atoms with Crippen LogP contribution in [0.5, 0.6) is 0 Å². The lowest BCUT2D eigenvalue weighted by Crippen LogP contribution is -2.49. The highest BCUT2D eigenvalue weighted by Gasteiger charge is 2.49. The first-order chi connectivity index (χ1) is 16.2. The molecule has 2 saturated carbocycles. The quantitative estimate of drug-likeness (QED) is 0.475. The minimum atomic E-state index is -1.17. The van der Waals surface area contributed by atoms with Crippen molar-refractivity contribution in [3.05, 3.63) is 42.5 Å². The van der Waals surface area contributed by atoms with Gasteiger partial charge < -0.3 is 20.3 Å². The third-order valence-electron chi connectivity index (χ3n) is 6.74. The molecule has 1 aromatic rings. The van der Waals surface area contributed by atoms with Crippen molar-refractivity contribution >= 4 is 23.4 Å². The van der Waals surface area contributed by atoms with Crippen LogP contribution in [0, 0.1) is 0 Å². The van der Waals surface area contributed by atoms with E-state index in [1.807, 2.05) is 20.8 Å². The molecule has 0 aromatic heterocycles. The van der Waals surface area contributed by atoms with Crippen LogP contribution in [-0.4, -0.2) is 53.1 Å². The Morgan fingerprint density at radius 2 is 1.88 bits per heavy atom. The molecule has 4 atom stereocenters. The van der Waals surface area contributed by atoms with E-state index in [1.54, 1.807) is 24.3 Å². The van der Waals surface area contributed by atoms with Crippen LogP contribution in [0.25, 0.3) is 0 Å². The van der Waals surface area contributed by atoms with Gasteiger partial charge in [-0.1, -0.05) is 38.5 Å². The van der Waals surface area contributed by atoms with Gasteiger partial charge in [0.05, 0.1) is 11.6 Å². The second-order valence-corrected chi connectivity index (χ2v) is 9.60. The number of hydrogen-bond acceptors (Lipinski definition) is 4. The molecule has 2 aliphatic carbocycles. The molecule has 0 bridgehead atoms. The third kappa shape index (κ3) is 6.44. The van der Waals surface area contributed by atoms with E-state index in [4.69, 9.17) is 4.74 Å². The number of carbonyl (C=O) groups is 3. The Morgan fingerprint density at radius 3 is 2.41 bits per heavy atom. The highest BCUT2D eigenvalue weighted by Crippen LogP contribution is 2.39. The Kier molecular flexibility index (Phi) is 8.47. The van der Waals surface area contributed by atoms with Crippen molar-refractivity contribution in [2.24, 2.45) is 0 Å². The largest absolute Gasteiger partial charge is 0.365 e. The van der Waals surface area contributed by atoms with Crippen LogP contribution in [0.2, 0.25) is 0 Å². The molecule has 0 saturated heterocycles. The van der Waals surface area contributed by atoms with Crippen LogP contribution in [0.1, 0.15) is 70.9 Å². The molecule has 2 unspecified atom stereocenters. The summed E-state index contributed by atoms with van der Waals surface area (Å²) in [6.45, 7) is 9.07. The summed E-state index contributed by atoms with van der Waals surface area (Å²) < 4.78 is 20.3. The van der Waals surface area contributed by atoms with Crippen LogP contribution in [-0.2, 0) is 19.1 Å². The first kappa shape index (κ1) is 25.9. The van der Waals surface area contributed by atoms with E-state index in [2.05, 4.69) is 17.2 Å². The summed E-state index contributed by atoms with van der Waals surface area (Å²) in [4.78, 5) is 39.7. The molecule has 34 heavy (non-hydrogen) atoms. The van der Waals surface area contributed by atoms with Crippen molar-refractivity contribution < 1.29 is 23.5 Å². The van der Waals surface area contributed by atoms with E-state index >= 15 is 0 Å². The lowest BCUT2D eigenvalue weighted by Gasteiger charge is -2.33. The normalized spacial score (nSPS) is 22.4. The predicted molar refractivity (Wildman–Crippen MR) is 129 cm³/mol. The molecule has 1 aromatic carbocycles. The molecule has 0 radical (unpaired) electrons. The maximum absolute atomic E-state index is 14.3. The zero-order chi connectivity index (χ0) is 24.9. The maximum atomic E-state index is 14.3. The second kappa shape index (κ2) is 11.1. The summed E-state index contributed by atoms with van der Waals surface area (Å²) in [5.74, 6) is -1.12. The Hall–Kier alpha value is -2.74. The van der Waals surface area contributed by atoms with Gasteiger partial charge in [0.25, 0.3) is 0 Å². The minimum Gasteiger partial charge on any atom is -0.365 e. The second-order valence-electron chi connectivity index (χ2n) is 9.60. The standard InChI is InChI=1S/C26H36FN3O4/c1-5-17(3)28-25(33)24(18-9-11-19(12-10-18)29-22(31)6-2)30(21-15-20(21)27)23(32)16-34-26(4)13-7-8-14-26/h6,9-12,17,20-21,24H,2,5,7-8,13-16H2,1,3-4H3,(H,28,33)(H,29,31)/t17?,20-,21+,24?/m0/s1. The summed E-state index contributed by atoms with van der Waals surface area (Å²) in [6.07, 6.45) is 4.78. The van der Waals surface area contributed by atoms with Gasteiger partial charge in [-0.05, 0) is 56.9 Å². The molecule has 7 nitrogen and oxygen atoms in total. The van der Waals surface area contributed by atoms with Crippen molar-refractivity contribution in [1.29, 1.82) is 0 Å². The van der Waals surface area contributed by atoms with Gasteiger partial charge in [0.15, 0.2) is 0 Å². The average molecular weight is 474 g/mol. The molecule has 0 spiro atoms. The van der Waals surface area contributed by atoms with Crippen molar-refractivity contribution in [3.8, 4) is 0 Å². The SMILES string of the molecule is C=CC(=O)Nc1ccc(C(C(=O)NC(C)CC)N(C(=O)COC2(C)CCCC2)[C@@H]2C[C@@H]2F)cc1. The van der Waals surface area contributed by atoms with Gasteiger partial charge in [-0.3, -0.25) is 14.4 Å². The molecule has 2 N–H and O–H groups in total. The summed E-state index contributed by atoms with van der Waals surface area (Å²) in [7, 11) is 0. The van der Waals surface area contributed by atoms with Gasteiger partial charge in [0, 0.05) is 18.2 Å². The first-order valence-corrected chi connectivity index (χ1v) is 12.1. The van der Waals surface area contributed by atoms with E-state index in [0.717, 1.165) is 38.2 Å². The van der Waals surface area contributed by atoms with E-state index < -0.39 is 24.2 Å². The Bertz CT molecular complexity index is 898. The number of ether oxygens (including phenoxy) is 1. The topological polar surface area (TPSA) is 87.7 Å². The lowest BCUT2D eigenvalue weighted by atomic mass is 10.0. The monoisotopic (exact) mass is 473 g/mol. The summed E-state index contributed by atoms with van der Waals surface area (Å²) in [5, 5.41) is 5.60. The number of carbonyl (C=O) groups excluding carboxylic acids is 3. The molecule has 0 aliphatic heterocycles. The van der Waals surface area contributed by atoms with E-state index in [9.17, 15) is 18.8 Å². The highest BCUT2D eigenvalue weighted by atomic mass is 19.1. The number of hydrogen-bond donors (Lipinski definition) is 2. The molecule has 2 fully saturated rings. The summed E-state index contributed by atoms with van der Waals surface area (Å²) in [5.41, 5.74) is 0.705. The zero-order valence-corrected chi connectivity index (χ0v) is 20.3. The molecule has 8 heteroatoms. The van der Waals surface area contributed by atoms with Crippen molar-refractivity contribution in [2.45, 2.75) is 89.2 Å². The van der Waals surface area contributed by atoms with Crippen LogP contribution >= 0.6 is 0 Å². The van der Waals surface area contributed by atoms with Gasteiger partial charge in [0.2, 0.25) is 17.7 Å². The average Bonchev–Trinajstić information content (AvgIpc) is 3.37. The summed E-state index contributed by atoms with van der Waals surface area (Å²) >= 11 is 0. The molecule has 3 rings (SSSR count). The fraction of sp³-hybridized carbons (Fsp3) is 0.577. The van der Waals surface area contributed by atoms with Crippen LogP contribution in [0.15, 0.2) is 36.9 Å². The predicted octanol–water partition coefficient (Wildman–Crippen LogP) is 4.06. The minimum absolute atomic E-state index is 0.105. The summed E-state index contributed by atoms with van der Waals surface area (Å²) in [6, 6.07) is 4.88. The molecule has 0 heterocycles.